The third-order valence-corrected chi connectivity index (χ3v) is 6.03. The highest BCUT2D eigenvalue weighted by Gasteiger charge is 2.31. The van der Waals surface area contributed by atoms with Gasteiger partial charge in [0.25, 0.3) is 0 Å². The van der Waals surface area contributed by atoms with Crippen LogP contribution < -0.4 is 0 Å². The molecule has 0 heterocycles. The zero-order valence-electron chi connectivity index (χ0n) is 16.2. The lowest BCUT2D eigenvalue weighted by Gasteiger charge is -2.36. The van der Waals surface area contributed by atoms with E-state index in [-0.39, 0.29) is 10.8 Å². The number of rotatable bonds is 14. The van der Waals surface area contributed by atoms with Crippen LogP contribution in [-0.4, -0.2) is 18.0 Å². The molecule has 1 atom stereocenters. The third kappa shape index (κ3) is 7.00. The first-order chi connectivity index (χ1) is 10.5. The van der Waals surface area contributed by atoms with Crippen LogP contribution in [0.3, 0.4) is 0 Å². The van der Waals surface area contributed by atoms with Crippen molar-refractivity contribution in [2.24, 2.45) is 10.8 Å². The second-order valence-electron chi connectivity index (χ2n) is 7.24. The zero-order valence-corrected chi connectivity index (χ0v) is 16.2. The van der Waals surface area contributed by atoms with Crippen molar-refractivity contribution in [3.63, 3.8) is 0 Å². The Hall–Kier alpha value is -0.0800. The maximum absolute atomic E-state index is 10.4. The molecule has 1 unspecified atom stereocenters. The summed E-state index contributed by atoms with van der Waals surface area (Å²) in [4.78, 5) is 0. The summed E-state index contributed by atoms with van der Waals surface area (Å²) >= 11 is 0. The summed E-state index contributed by atoms with van der Waals surface area (Å²) in [6.45, 7) is 14.2. The van der Waals surface area contributed by atoms with Gasteiger partial charge >= 0.3 is 0 Å². The van der Waals surface area contributed by atoms with Crippen molar-refractivity contribution in [3.05, 3.63) is 0 Å². The third-order valence-electron chi connectivity index (χ3n) is 6.03. The van der Waals surface area contributed by atoms with Crippen molar-refractivity contribution < 1.29 is 9.84 Å². The number of ether oxygens (including phenoxy) is 1. The number of unbranched alkanes of at least 4 members (excludes halogenated alkanes) is 1. The van der Waals surface area contributed by atoms with E-state index < -0.39 is 6.29 Å². The Kier molecular flexibility index (Phi) is 11.4. The highest BCUT2D eigenvalue weighted by atomic mass is 16.6. The quantitative estimate of drug-likeness (QED) is 0.380. The molecule has 134 valence electrons. The summed E-state index contributed by atoms with van der Waals surface area (Å²) in [6.07, 6.45) is 10.8. The summed E-state index contributed by atoms with van der Waals surface area (Å²) < 4.78 is 5.95. The number of hydrogen-bond acceptors (Lipinski definition) is 2. The van der Waals surface area contributed by atoms with Crippen LogP contribution in [0.4, 0.5) is 0 Å². The van der Waals surface area contributed by atoms with Gasteiger partial charge in [0.1, 0.15) is 0 Å². The highest BCUT2D eigenvalue weighted by molar-refractivity contribution is 4.79. The molecule has 0 radical (unpaired) electrons. The number of aliphatic hydroxyl groups is 1. The van der Waals surface area contributed by atoms with E-state index >= 15 is 0 Å². The lowest BCUT2D eigenvalue weighted by Crippen LogP contribution is -2.32. The molecule has 0 fully saturated rings. The molecule has 0 spiro atoms. The van der Waals surface area contributed by atoms with Crippen LogP contribution in [0.5, 0.6) is 0 Å². The number of aliphatic hydroxyl groups excluding tert-OH is 1. The van der Waals surface area contributed by atoms with Gasteiger partial charge in [0.2, 0.25) is 0 Å². The van der Waals surface area contributed by atoms with E-state index in [1.165, 1.54) is 32.1 Å². The van der Waals surface area contributed by atoms with Gasteiger partial charge in [-0.3, -0.25) is 0 Å². The molecule has 0 aromatic heterocycles. The van der Waals surface area contributed by atoms with E-state index in [2.05, 4.69) is 41.5 Å². The molecule has 0 aromatic rings. The van der Waals surface area contributed by atoms with Crippen LogP contribution >= 0.6 is 0 Å². The summed E-state index contributed by atoms with van der Waals surface area (Å²) in [7, 11) is 0. The highest BCUT2D eigenvalue weighted by Crippen LogP contribution is 2.38. The summed E-state index contributed by atoms with van der Waals surface area (Å²) in [5.74, 6) is 0. The van der Waals surface area contributed by atoms with E-state index in [1.54, 1.807) is 0 Å². The maximum atomic E-state index is 10.4. The molecule has 0 saturated heterocycles. The Bertz CT molecular complexity index is 254. The fourth-order valence-corrected chi connectivity index (χ4v) is 3.66. The predicted molar refractivity (Wildman–Crippen MR) is 97.0 cm³/mol. The fraction of sp³-hybridized carbons (Fsp3) is 1.00. The molecule has 0 bridgehead atoms. The van der Waals surface area contributed by atoms with Crippen molar-refractivity contribution in [1.29, 1.82) is 0 Å². The second kappa shape index (κ2) is 11.5. The van der Waals surface area contributed by atoms with Crippen LogP contribution in [0.15, 0.2) is 0 Å². The van der Waals surface area contributed by atoms with Gasteiger partial charge in [-0.2, -0.15) is 0 Å². The largest absolute Gasteiger partial charge is 0.368 e. The van der Waals surface area contributed by atoms with E-state index in [0.29, 0.717) is 6.61 Å². The van der Waals surface area contributed by atoms with Crippen molar-refractivity contribution >= 4 is 0 Å². The van der Waals surface area contributed by atoms with E-state index in [4.69, 9.17) is 4.74 Å². The van der Waals surface area contributed by atoms with Gasteiger partial charge in [0.15, 0.2) is 6.29 Å². The lowest BCUT2D eigenvalue weighted by molar-refractivity contribution is -0.149. The normalized spacial score (nSPS) is 14.3. The minimum atomic E-state index is -0.606. The van der Waals surface area contributed by atoms with Gasteiger partial charge in [-0.05, 0) is 36.5 Å². The minimum absolute atomic E-state index is 0.249. The van der Waals surface area contributed by atoms with Crippen LogP contribution in [0, 0.1) is 10.8 Å². The molecule has 0 aliphatic heterocycles. The summed E-state index contributed by atoms with van der Waals surface area (Å²) in [6, 6.07) is 0. The molecule has 2 heteroatoms. The first kappa shape index (κ1) is 21.9. The van der Waals surface area contributed by atoms with E-state index in [0.717, 1.165) is 32.1 Å². The van der Waals surface area contributed by atoms with Gasteiger partial charge in [0.05, 0.1) is 6.61 Å². The average molecular weight is 315 g/mol. The Morgan fingerprint density at radius 3 is 1.73 bits per heavy atom. The molecule has 0 rings (SSSR count). The van der Waals surface area contributed by atoms with Gasteiger partial charge in [0, 0.05) is 6.42 Å². The van der Waals surface area contributed by atoms with Crippen LogP contribution in [0.2, 0.25) is 0 Å². The first-order valence-corrected chi connectivity index (χ1v) is 9.76. The SMILES string of the molecule is CCCCC(CC)(CC)COC(O)CC(CC)(CC)CCC. The van der Waals surface area contributed by atoms with Gasteiger partial charge in [-0.15, -0.1) is 0 Å². The monoisotopic (exact) mass is 314 g/mol. The van der Waals surface area contributed by atoms with Gasteiger partial charge < -0.3 is 9.84 Å². The molecule has 0 aromatic carbocycles. The van der Waals surface area contributed by atoms with Crippen LogP contribution in [-0.2, 0) is 4.74 Å². The average Bonchev–Trinajstić information content (AvgIpc) is 2.55. The molecule has 22 heavy (non-hydrogen) atoms. The van der Waals surface area contributed by atoms with Crippen molar-refractivity contribution in [3.8, 4) is 0 Å². The Morgan fingerprint density at radius 1 is 0.773 bits per heavy atom. The number of hydrogen-bond donors (Lipinski definition) is 1. The second-order valence-corrected chi connectivity index (χ2v) is 7.24. The minimum Gasteiger partial charge on any atom is -0.368 e. The fourth-order valence-electron chi connectivity index (χ4n) is 3.66. The molecular formula is C20H42O2. The predicted octanol–water partition coefficient (Wildman–Crippen LogP) is 6.31. The van der Waals surface area contributed by atoms with Crippen molar-refractivity contribution in [2.45, 2.75) is 112 Å². The maximum Gasteiger partial charge on any atom is 0.155 e. The molecule has 0 saturated carbocycles. The molecule has 1 N–H and O–H groups in total. The van der Waals surface area contributed by atoms with E-state index in [1.807, 2.05) is 0 Å². The topological polar surface area (TPSA) is 29.5 Å². The summed E-state index contributed by atoms with van der Waals surface area (Å²) in [5.41, 5.74) is 0.501. The smallest absolute Gasteiger partial charge is 0.155 e. The van der Waals surface area contributed by atoms with Crippen LogP contribution in [0.1, 0.15) is 106 Å². The summed E-state index contributed by atoms with van der Waals surface area (Å²) in [5, 5.41) is 10.4. The molecule has 0 amide bonds. The van der Waals surface area contributed by atoms with Gasteiger partial charge in [-0.25, -0.2) is 0 Å². The molecule has 2 nitrogen and oxygen atoms in total. The molecular weight excluding hydrogens is 272 g/mol. The zero-order chi connectivity index (χ0) is 17.1. The first-order valence-electron chi connectivity index (χ1n) is 9.76. The molecule has 0 aliphatic rings. The van der Waals surface area contributed by atoms with E-state index in [9.17, 15) is 5.11 Å². The lowest BCUT2D eigenvalue weighted by atomic mass is 9.75. The Labute approximate surface area is 140 Å². The van der Waals surface area contributed by atoms with Crippen molar-refractivity contribution in [2.75, 3.05) is 6.61 Å². The molecule has 0 aliphatic carbocycles. The Morgan fingerprint density at radius 2 is 1.32 bits per heavy atom. The van der Waals surface area contributed by atoms with Gasteiger partial charge in [-0.1, -0.05) is 73.6 Å². The van der Waals surface area contributed by atoms with Crippen molar-refractivity contribution in [1.82, 2.24) is 0 Å². The standard InChI is InChI=1S/C20H42O2/c1-7-13-15-20(11-5,12-6)17-22-18(21)16-19(9-3,10-4)14-8-2/h18,21H,7-17H2,1-6H3. The Balaban J connectivity index is 4.58. The van der Waals surface area contributed by atoms with Crippen LogP contribution in [0.25, 0.3) is 0 Å².